The summed E-state index contributed by atoms with van der Waals surface area (Å²) in [4.78, 5) is 29.0. The van der Waals surface area contributed by atoms with E-state index in [2.05, 4.69) is 59.4 Å². The Kier molecular flexibility index (Phi) is 7.14. The number of hydrogen-bond acceptors (Lipinski definition) is 5. The zero-order valence-electron chi connectivity index (χ0n) is 15.9. The van der Waals surface area contributed by atoms with Gasteiger partial charge >= 0.3 is 11.9 Å². The summed E-state index contributed by atoms with van der Waals surface area (Å²) in [6.07, 6.45) is 1.60. The summed E-state index contributed by atoms with van der Waals surface area (Å²) < 4.78 is 12.9. The molecule has 0 N–H and O–H groups in total. The van der Waals surface area contributed by atoms with E-state index < -0.39 is 11.9 Å². The molecule has 1 aliphatic rings. The second-order valence-corrected chi connectivity index (χ2v) is 9.94. The first-order valence-corrected chi connectivity index (χ1v) is 12.1. The van der Waals surface area contributed by atoms with Crippen molar-refractivity contribution in [1.82, 2.24) is 0 Å². The zero-order chi connectivity index (χ0) is 22.8. The number of esters is 2. The van der Waals surface area contributed by atoms with Crippen LogP contribution < -0.4 is 4.74 Å². The topological polar surface area (TPSA) is 65.0 Å². The number of carbonyl (C=O) groups excluding carboxylic acids is 2. The fraction of sp³-hybridized carbons (Fsp3) is 0. The number of halogens is 4. The molecule has 0 aliphatic carbocycles. The van der Waals surface area contributed by atoms with Gasteiger partial charge in [-0.25, -0.2) is 14.6 Å². The molecule has 0 saturated carbocycles. The summed E-state index contributed by atoms with van der Waals surface area (Å²) in [6.45, 7) is 0. The third kappa shape index (κ3) is 5.31. The number of carbonyl (C=O) groups is 2. The van der Waals surface area contributed by atoms with Crippen LogP contribution in [0.5, 0.6) is 5.75 Å². The highest BCUT2D eigenvalue weighted by Crippen LogP contribution is 2.36. The molecule has 0 radical (unpaired) electrons. The molecule has 32 heavy (non-hydrogen) atoms. The van der Waals surface area contributed by atoms with E-state index in [1.807, 2.05) is 24.3 Å². The van der Waals surface area contributed by atoms with E-state index >= 15 is 0 Å². The maximum atomic E-state index is 12.4. The van der Waals surface area contributed by atoms with Crippen molar-refractivity contribution >= 4 is 90.0 Å². The van der Waals surface area contributed by atoms with Gasteiger partial charge in [0.1, 0.15) is 0 Å². The Morgan fingerprint density at radius 3 is 2.28 bits per heavy atom. The molecule has 0 unspecified atom stereocenters. The monoisotopic (exact) mass is 685 g/mol. The average molecular weight is 688 g/mol. The lowest BCUT2D eigenvalue weighted by Crippen LogP contribution is -2.09. The third-order valence-electron chi connectivity index (χ3n) is 4.31. The maximum Gasteiger partial charge on any atom is 0.363 e. The molecule has 0 amide bonds. The van der Waals surface area contributed by atoms with Crippen LogP contribution in [0.3, 0.4) is 0 Å². The Morgan fingerprint density at radius 1 is 1.03 bits per heavy atom. The normalized spacial score (nSPS) is 14.3. The second kappa shape index (κ2) is 9.86. The number of nitrogens with zero attached hydrogens (tertiary/aromatic N) is 1. The molecule has 3 aromatic rings. The summed E-state index contributed by atoms with van der Waals surface area (Å²) in [7, 11) is 0. The van der Waals surface area contributed by atoms with Crippen LogP contribution in [0, 0.1) is 3.57 Å². The van der Waals surface area contributed by atoms with Crippen LogP contribution in [-0.4, -0.2) is 17.8 Å². The van der Waals surface area contributed by atoms with Crippen molar-refractivity contribution in [3.63, 3.8) is 0 Å². The van der Waals surface area contributed by atoms with E-state index in [0.29, 0.717) is 36.4 Å². The van der Waals surface area contributed by atoms with Crippen LogP contribution in [-0.2, 0) is 9.53 Å². The third-order valence-corrected chi connectivity index (χ3v) is 6.46. The first kappa shape index (κ1) is 23.2. The summed E-state index contributed by atoms with van der Waals surface area (Å²) in [5, 5.41) is 0.527. The van der Waals surface area contributed by atoms with Gasteiger partial charge in [0.25, 0.3) is 0 Å². The summed E-state index contributed by atoms with van der Waals surface area (Å²) in [5.41, 5.74) is 1.91. The molecule has 0 bridgehead atoms. The van der Waals surface area contributed by atoms with Crippen molar-refractivity contribution in [3.05, 3.63) is 101 Å². The Bertz CT molecular complexity index is 1270. The van der Waals surface area contributed by atoms with Crippen LogP contribution in [0.2, 0.25) is 5.02 Å². The molecular weight excluding hydrogens is 676 g/mol. The smallest absolute Gasteiger partial charge is 0.363 e. The minimum Gasteiger partial charge on any atom is -0.421 e. The molecule has 160 valence electrons. The van der Waals surface area contributed by atoms with Gasteiger partial charge < -0.3 is 9.47 Å². The van der Waals surface area contributed by atoms with Crippen LogP contribution in [0.25, 0.3) is 6.08 Å². The SMILES string of the molecule is O=C1OC(c2ccc(I)cc2)=N/C1=C\c1cc(Br)c(OC(=O)c2ccc(Cl)cc2)c(Br)c1. The number of hydrogen-bond donors (Lipinski definition) is 0. The molecule has 0 fully saturated rings. The summed E-state index contributed by atoms with van der Waals surface area (Å²) in [6, 6.07) is 17.3. The molecule has 1 heterocycles. The Hall–Kier alpha value is -2.01. The van der Waals surface area contributed by atoms with E-state index in [9.17, 15) is 9.59 Å². The minimum atomic E-state index is -0.538. The van der Waals surface area contributed by atoms with Crippen molar-refractivity contribution < 1.29 is 19.1 Å². The number of aliphatic imine (C=N–C) groups is 1. The standard InChI is InChI=1S/C23H11Br2ClINO4/c24-17-9-12(10-18(25)20(17)31-22(29)14-1-5-15(26)6-2-14)11-19-23(30)32-21(28-19)13-3-7-16(27)8-4-13/h1-11H/b19-11-. The average Bonchev–Trinajstić information content (AvgIpc) is 3.11. The molecular formula is C23H11Br2ClINO4. The molecule has 0 atom stereocenters. The molecule has 0 saturated heterocycles. The highest BCUT2D eigenvalue weighted by molar-refractivity contribution is 14.1. The lowest BCUT2D eigenvalue weighted by molar-refractivity contribution is -0.129. The molecule has 9 heteroatoms. The van der Waals surface area contributed by atoms with E-state index in [4.69, 9.17) is 21.1 Å². The number of benzene rings is 3. The van der Waals surface area contributed by atoms with Gasteiger partial charge in [-0.05, 0) is 127 Å². The van der Waals surface area contributed by atoms with E-state index in [0.717, 1.165) is 3.57 Å². The summed E-state index contributed by atoms with van der Waals surface area (Å²) >= 11 is 14.9. The molecule has 0 aromatic heterocycles. The fourth-order valence-corrected chi connectivity index (χ4v) is 4.65. The highest BCUT2D eigenvalue weighted by Gasteiger charge is 2.24. The fourth-order valence-electron chi connectivity index (χ4n) is 2.78. The van der Waals surface area contributed by atoms with Gasteiger partial charge in [0.15, 0.2) is 11.4 Å². The quantitative estimate of drug-likeness (QED) is 0.128. The van der Waals surface area contributed by atoms with Gasteiger partial charge in [-0.15, -0.1) is 0 Å². The predicted molar refractivity (Wildman–Crippen MR) is 138 cm³/mol. The largest absolute Gasteiger partial charge is 0.421 e. The number of ether oxygens (including phenoxy) is 2. The van der Waals surface area contributed by atoms with Gasteiger partial charge in [-0.2, -0.15) is 0 Å². The Balaban J connectivity index is 1.58. The van der Waals surface area contributed by atoms with E-state index in [-0.39, 0.29) is 11.6 Å². The van der Waals surface area contributed by atoms with Gasteiger partial charge in [0, 0.05) is 14.2 Å². The van der Waals surface area contributed by atoms with Crippen molar-refractivity contribution in [1.29, 1.82) is 0 Å². The summed E-state index contributed by atoms with van der Waals surface area (Å²) in [5.74, 6) is -0.502. The van der Waals surface area contributed by atoms with Crippen LogP contribution in [0.1, 0.15) is 21.5 Å². The first-order valence-electron chi connectivity index (χ1n) is 9.05. The van der Waals surface area contributed by atoms with Gasteiger partial charge in [-0.1, -0.05) is 11.6 Å². The molecule has 5 nitrogen and oxygen atoms in total. The lowest BCUT2D eigenvalue weighted by atomic mass is 10.2. The van der Waals surface area contributed by atoms with Crippen LogP contribution >= 0.6 is 66.1 Å². The second-order valence-electron chi connectivity index (χ2n) is 6.55. The molecule has 0 spiro atoms. The lowest BCUT2D eigenvalue weighted by Gasteiger charge is -2.10. The molecule has 1 aliphatic heterocycles. The van der Waals surface area contributed by atoms with Gasteiger partial charge in [0.2, 0.25) is 5.90 Å². The predicted octanol–water partition coefficient (Wildman–Crippen LogP) is 7.03. The highest BCUT2D eigenvalue weighted by atomic mass is 127. The van der Waals surface area contributed by atoms with Gasteiger partial charge in [0.05, 0.1) is 14.5 Å². The molecule has 4 rings (SSSR count). The van der Waals surface area contributed by atoms with Crippen molar-refractivity contribution in [2.45, 2.75) is 0 Å². The van der Waals surface area contributed by atoms with Crippen molar-refractivity contribution in [2.75, 3.05) is 0 Å². The van der Waals surface area contributed by atoms with Crippen LogP contribution in [0.4, 0.5) is 0 Å². The van der Waals surface area contributed by atoms with Crippen molar-refractivity contribution in [3.8, 4) is 5.75 Å². The Morgan fingerprint density at radius 2 is 1.66 bits per heavy atom. The number of rotatable bonds is 4. The Labute approximate surface area is 218 Å². The zero-order valence-corrected chi connectivity index (χ0v) is 22.0. The minimum absolute atomic E-state index is 0.170. The van der Waals surface area contributed by atoms with E-state index in [1.165, 1.54) is 0 Å². The number of cyclic esters (lactones) is 1. The first-order chi connectivity index (χ1) is 15.3. The maximum absolute atomic E-state index is 12.4. The van der Waals surface area contributed by atoms with E-state index in [1.54, 1.807) is 42.5 Å². The molecule has 3 aromatic carbocycles. The van der Waals surface area contributed by atoms with Crippen molar-refractivity contribution in [2.24, 2.45) is 4.99 Å². The van der Waals surface area contributed by atoms with Crippen LogP contribution in [0.15, 0.2) is 80.3 Å². The van der Waals surface area contributed by atoms with Gasteiger partial charge in [-0.3, -0.25) is 0 Å².